The fraction of sp³-hybridized carbons (Fsp3) is 0.643. The van der Waals surface area contributed by atoms with Crippen LogP contribution in [0.5, 0.6) is 0 Å². The smallest absolute Gasteiger partial charge is 0.336 e. The number of ether oxygens (including phenoxy) is 2. The molecule has 0 aliphatic rings. The van der Waals surface area contributed by atoms with Crippen LogP contribution in [-0.2, 0) is 23.9 Å². The molecule has 0 saturated heterocycles. The number of carbonyl (C=O) groups is 3. The summed E-state index contributed by atoms with van der Waals surface area (Å²) in [5.74, 6) is -3.29. The summed E-state index contributed by atoms with van der Waals surface area (Å²) in [6.07, 6.45) is 1.95. The van der Waals surface area contributed by atoms with Gasteiger partial charge in [0.2, 0.25) is 0 Å². The molecular formula is C14H22O6. The van der Waals surface area contributed by atoms with E-state index in [4.69, 9.17) is 14.6 Å². The van der Waals surface area contributed by atoms with Crippen LogP contribution in [0.4, 0.5) is 0 Å². The van der Waals surface area contributed by atoms with Crippen LogP contribution < -0.4 is 0 Å². The van der Waals surface area contributed by atoms with E-state index in [1.165, 1.54) is 20.8 Å². The SMILES string of the molecule is C=C(C)C(=O)OC(C)(C)OC(=O)CCCCCC(=O)O. The number of aliphatic carboxylic acids is 1. The molecule has 114 valence electrons. The predicted molar refractivity (Wildman–Crippen MR) is 71.8 cm³/mol. The van der Waals surface area contributed by atoms with E-state index in [0.29, 0.717) is 19.3 Å². The standard InChI is InChI=1S/C14H22O6/c1-10(2)13(18)20-14(3,4)19-12(17)9-7-5-6-8-11(15)16/h1,5-9H2,2-4H3,(H,15,16). The third-order valence-corrected chi connectivity index (χ3v) is 2.32. The minimum absolute atomic E-state index is 0.0940. The summed E-state index contributed by atoms with van der Waals surface area (Å²) in [6.45, 7) is 7.88. The van der Waals surface area contributed by atoms with Gasteiger partial charge in [0, 0.05) is 32.3 Å². The molecule has 0 fully saturated rings. The predicted octanol–water partition coefficient (Wildman–Crippen LogP) is 2.42. The Kier molecular flexibility index (Phi) is 7.57. The molecule has 0 aliphatic heterocycles. The van der Waals surface area contributed by atoms with Crippen LogP contribution in [0.1, 0.15) is 52.9 Å². The lowest BCUT2D eigenvalue weighted by Gasteiger charge is -2.25. The molecule has 0 heterocycles. The van der Waals surface area contributed by atoms with Crippen molar-refractivity contribution in [2.24, 2.45) is 0 Å². The summed E-state index contributed by atoms with van der Waals surface area (Å²) in [5.41, 5.74) is 0.225. The van der Waals surface area contributed by atoms with Gasteiger partial charge in [0.1, 0.15) is 0 Å². The third-order valence-electron chi connectivity index (χ3n) is 2.32. The number of hydrogen-bond acceptors (Lipinski definition) is 5. The Morgan fingerprint density at radius 3 is 2.10 bits per heavy atom. The number of rotatable bonds is 9. The van der Waals surface area contributed by atoms with Crippen molar-refractivity contribution in [2.75, 3.05) is 0 Å². The third kappa shape index (κ3) is 9.13. The monoisotopic (exact) mass is 286 g/mol. The summed E-state index contributed by atoms with van der Waals surface area (Å²) < 4.78 is 10.0. The first-order chi connectivity index (χ1) is 9.14. The molecule has 0 bridgehead atoms. The van der Waals surface area contributed by atoms with Gasteiger partial charge in [-0.2, -0.15) is 0 Å². The molecular weight excluding hydrogens is 264 g/mol. The second kappa shape index (κ2) is 8.35. The lowest BCUT2D eigenvalue weighted by molar-refractivity contribution is -0.213. The molecule has 0 aromatic rings. The first-order valence-electron chi connectivity index (χ1n) is 6.46. The number of carbonyl (C=O) groups excluding carboxylic acids is 2. The van der Waals surface area contributed by atoms with E-state index in [1.807, 2.05) is 0 Å². The van der Waals surface area contributed by atoms with E-state index in [-0.39, 0.29) is 18.4 Å². The van der Waals surface area contributed by atoms with Gasteiger partial charge < -0.3 is 14.6 Å². The lowest BCUT2D eigenvalue weighted by Crippen LogP contribution is -2.34. The van der Waals surface area contributed by atoms with Crippen LogP contribution >= 0.6 is 0 Å². The molecule has 0 saturated carbocycles. The van der Waals surface area contributed by atoms with Gasteiger partial charge in [-0.1, -0.05) is 13.0 Å². The molecule has 6 nitrogen and oxygen atoms in total. The summed E-state index contributed by atoms with van der Waals surface area (Å²) in [7, 11) is 0. The fourth-order valence-electron chi connectivity index (χ4n) is 1.38. The first-order valence-corrected chi connectivity index (χ1v) is 6.46. The maximum Gasteiger partial charge on any atom is 0.336 e. The highest BCUT2D eigenvalue weighted by atomic mass is 16.7. The summed E-state index contributed by atoms with van der Waals surface area (Å²) in [4.78, 5) is 33.2. The Morgan fingerprint density at radius 1 is 1.05 bits per heavy atom. The molecule has 0 aromatic carbocycles. The van der Waals surface area contributed by atoms with Crippen molar-refractivity contribution in [2.45, 2.75) is 58.7 Å². The Balaban J connectivity index is 3.97. The van der Waals surface area contributed by atoms with Crippen molar-refractivity contribution in [1.82, 2.24) is 0 Å². The first kappa shape index (κ1) is 18.1. The fourth-order valence-corrected chi connectivity index (χ4v) is 1.38. The van der Waals surface area contributed by atoms with Gasteiger partial charge in [-0.3, -0.25) is 9.59 Å². The zero-order valence-electron chi connectivity index (χ0n) is 12.2. The average molecular weight is 286 g/mol. The van der Waals surface area contributed by atoms with Crippen LogP contribution in [0.2, 0.25) is 0 Å². The highest BCUT2D eigenvalue weighted by molar-refractivity contribution is 5.87. The molecule has 0 spiro atoms. The van der Waals surface area contributed by atoms with Crippen LogP contribution in [-0.4, -0.2) is 28.8 Å². The minimum atomic E-state index is -1.34. The second-order valence-electron chi connectivity index (χ2n) is 5.00. The molecule has 0 atom stereocenters. The van der Waals surface area contributed by atoms with Gasteiger partial charge in [-0.15, -0.1) is 0 Å². The number of unbranched alkanes of at least 4 members (excludes halogenated alkanes) is 2. The van der Waals surface area contributed by atoms with E-state index in [0.717, 1.165) is 0 Å². The summed E-state index contributed by atoms with van der Waals surface area (Å²) in [6, 6.07) is 0. The van der Waals surface area contributed by atoms with Crippen molar-refractivity contribution in [3.8, 4) is 0 Å². The molecule has 0 unspecified atom stereocenters. The minimum Gasteiger partial charge on any atom is -0.481 e. The number of hydrogen-bond donors (Lipinski definition) is 1. The van der Waals surface area contributed by atoms with Crippen LogP contribution in [0, 0.1) is 0 Å². The van der Waals surface area contributed by atoms with Crippen molar-refractivity contribution >= 4 is 17.9 Å². The molecule has 0 radical (unpaired) electrons. The number of carboxylic acids is 1. The van der Waals surface area contributed by atoms with E-state index in [9.17, 15) is 14.4 Å². The van der Waals surface area contributed by atoms with Gasteiger partial charge in [0.25, 0.3) is 5.79 Å². The lowest BCUT2D eigenvalue weighted by atomic mass is 10.1. The number of esters is 2. The van der Waals surface area contributed by atoms with Crippen molar-refractivity contribution in [3.63, 3.8) is 0 Å². The largest absolute Gasteiger partial charge is 0.481 e. The number of carboxylic acid groups (broad SMARTS) is 1. The molecule has 0 aromatic heterocycles. The molecule has 1 N–H and O–H groups in total. The van der Waals surface area contributed by atoms with Crippen LogP contribution in [0.15, 0.2) is 12.2 Å². The van der Waals surface area contributed by atoms with Crippen molar-refractivity contribution in [1.29, 1.82) is 0 Å². The van der Waals surface area contributed by atoms with Crippen LogP contribution in [0.25, 0.3) is 0 Å². The van der Waals surface area contributed by atoms with Crippen LogP contribution in [0.3, 0.4) is 0 Å². The van der Waals surface area contributed by atoms with Gasteiger partial charge in [0.05, 0.1) is 0 Å². The van der Waals surface area contributed by atoms with E-state index >= 15 is 0 Å². The van der Waals surface area contributed by atoms with Gasteiger partial charge in [-0.25, -0.2) is 4.79 Å². The Bertz CT molecular complexity index is 383. The van der Waals surface area contributed by atoms with Gasteiger partial charge in [0.15, 0.2) is 0 Å². The quantitative estimate of drug-likeness (QED) is 0.303. The van der Waals surface area contributed by atoms with Gasteiger partial charge >= 0.3 is 17.9 Å². The normalized spacial score (nSPS) is 10.8. The van der Waals surface area contributed by atoms with Gasteiger partial charge in [-0.05, 0) is 19.8 Å². The maximum atomic E-state index is 11.6. The zero-order valence-corrected chi connectivity index (χ0v) is 12.2. The van der Waals surface area contributed by atoms with Crippen molar-refractivity contribution < 1.29 is 29.0 Å². The Labute approximate surface area is 118 Å². The molecule has 6 heteroatoms. The Hall–Kier alpha value is -1.85. The van der Waals surface area contributed by atoms with E-state index in [1.54, 1.807) is 0 Å². The van der Waals surface area contributed by atoms with E-state index in [2.05, 4.69) is 6.58 Å². The second-order valence-corrected chi connectivity index (χ2v) is 5.00. The highest BCUT2D eigenvalue weighted by Crippen LogP contribution is 2.15. The summed E-state index contributed by atoms with van der Waals surface area (Å²) in [5, 5.41) is 8.46. The van der Waals surface area contributed by atoms with E-state index < -0.39 is 23.7 Å². The van der Waals surface area contributed by atoms with Crippen molar-refractivity contribution in [3.05, 3.63) is 12.2 Å². The summed E-state index contributed by atoms with van der Waals surface area (Å²) >= 11 is 0. The molecule has 0 rings (SSSR count). The Morgan fingerprint density at radius 2 is 1.60 bits per heavy atom. The molecule has 0 amide bonds. The maximum absolute atomic E-state index is 11.6. The molecule has 0 aliphatic carbocycles. The topological polar surface area (TPSA) is 89.9 Å². The average Bonchev–Trinajstić information content (AvgIpc) is 2.26. The zero-order chi connectivity index (χ0) is 15.8. The highest BCUT2D eigenvalue weighted by Gasteiger charge is 2.27. The molecule has 20 heavy (non-hydrogen) atoms.